The zero-order chi connectivity index (χ0) is 21.4. The number of hydrogen-bond acceptors (Lipinski definition) is 4. The van der Waals surface area contributed by atoms with E-state index in [1.807, 2.05) is 0 Å². The summed E-state index contributed by atoms with van der Waals surface area (Å²) in [5.41, 5.74) is -0.000636. The van der Waals surface area contributed by atoms with E-state index >= 15 is 0 Å². The van der Waals surface area contributed by atoms with Gasteiger partial charge in [0, 0.05) is 19.3 Å². The SMILES string of the molecule is CCN(C(c1ccc(F)cc1)C(F)(F)F)S(=O)(=O)c1nn(CC)c2cccnc12. The molecule has 0 aliphatic carbocycles. The van der Waals surface area contributed by atoms with E-state index in [1.54, 1.807) is 19.1 Å². The molecule has 11 heteroatoms. The number of fused-ring (bicyclic) bond motifs is 1. The molecule has 0 fully saturated rings. The minimum absolute atomic E-state index is 0.00664. The molecule has 0 aliphatic heterocycles. The normalized spacial score (nSPS) is 13.9. The lowest BCUT2D eigenvalue weighted by atomic mass is 10.1. The average Bonchev–Trinajstić information content (AvgIpc) is 3.05. The standard InChI is InChI=1S/C18H18F4N4O2S/c1-3-25-14-6-5-11-23-15(14)17(24-25)29(27,28)26(4-2)16(18(20,21)22)12-7-9-13(19)10-8-12/h5-11,16H,3-4H2,1-2H3. The second kappa shape index (κ2) is 7.71. The maximum Gasteiger partial charge on any atom is 0.409 e. The van der Waals surface area contributed by atoms with Gasteiger partial charge < -0.3 is 0 Å². The van der Waals surface area contributed by atoms with E-state index in [0.29, 0.717) is 16.4 Å². The first-order valence-corrected chi connectivity index (χ1v) is 10.2. The van der Waals surface area contributed by atoms with Crippen LogP contribution < -0.4 is 0 Å². The molecule has 0 N–H and O–H groups in total. The van der Waals surface area contributed by atoms with Gasteiger partial charge in [-0.15, -0.1) is 0 Å². The number of benzene rings is 1. The summed E-state index contributed by atoms with van der Waals surface area (Å²) in [7, 11) is -4.68. The number of halogens is 4. The van der Waals surface area contributed by atoms with Crippen molar-refractivity contribution in [2.24, 2.45) is 0 Å². The first-order valence-electron chi connectivity index (χ1n) is 8.76. The summed E-state index contributed by atoms with van der Waals surface area (Å²) in [6, 6.07) is 4.24. The highest BCUT2D eigenvalue weighted by molar-refractivity contribution is 7.89. The van der Waals surface area contributed by atoms with E-state index in [9.17, 15) is 26.0 Å². The molecule has 2 aromatic heterocycles. The van der Waals surface area contributed by atoms with Crippen molar-refractivity contribution in [2.75, 3.05) is 6.54 Å². The first-order chi connectivity index (χ1) is 13.6. The second-order valence-corrected chi connectivity index (χ2v) is 8.00. The second-order valence-electron chi connectivity index (χ2n) is 6.20. The fourth-order valence-electron chi connectivity index (χ4n) is 3.16. The van der Waals surface area contributed by atoms with E-state index in [1.165, 1.54) is 17.8 Å². The number of alkyl halides is 3. The van der Waals surface area contributed by atoms with Crippen molar-refractivity contribution >= 4 is 21.1 Å². The lowest BCUT2D eigenvalue weighted by Crippen LogP contribution is -2.42. The molecule has 0 saturated carbocycles. The van der Waals surface area contributed by atoms with Gasteiger partial charge in [0.05, 0.1) is 5.52 Å². The number of pyridine rings is 1. The Morgan fingerprint density at radius 3 is 2.34 bits per heavy atom. The molecule has 2 heterocycles. The van der Waals surface area contributed by atoms with E-state index in [0.717, 1.165) is 24.3 Å². The monoisotopic (exact) mass is 430 g/mol. The molecule has 1 atom stereocenters. The Labute approximate surface area is 164 Å². The van der Waals surface area contributed by atoms with E-state index in [4.69, 9.17) is 0 Å². The third-order valence-corrected chi connectivity index (χ3v) is 6.28. The Bertz CT molecular complexity index is 1110. The summed E-state index contributed by atoms with van der Waals surface area (Å²) in [6.45, 7) is 2.86. The largest absolute Gasteiger partial charge is 0.409 e. The highest BCUT2D eigenvalue weighted by Gasteiger charge is 2.49. The van der Waals surface area contributed by atoms with Crippen LogP contribution in [0, 0.1) is 5.82 Å². The number of aryl methyl sites for hydroxylation is 1. The average molecular weight is 430 g/mol. The fourth-order valence-corrected chi connectivity index (χ4v) is 4.85. The van der Waals surface area contributed by atoms with Crippen LogP contribution in [0.1, 0.15) is 25.5 Å². The van der Waals surface area contributed by atoms with E-state index < -0.39 is 45.2 Å². The molecular weight excluding hydrogens is 412 g/mol. The topological polar surface area (TPSA) is 68.1 Å². The van der Waals surface area contributed by atoms with Gasteiger partial charge in [-0.25, -0.2) is 12.8 Å². The number of aromatic nitrogens is 3. The molecule has 0 radical (unpaired) electrons. The van der Waals surface area contributed by atoms with Gasteiger partial charge in [0.1, 0.15) is 17.4 Å². The summed E-state index contributed by atoms with van der Waals surface area (Å²) in [5.74, 6) is -0.725. The molecule has 0 amide bonds. The van der Waals surface area contributed by atoms with Crippen LogP contribution in [0.4, 0.5) is 17.6 Å². The molecule has 3 rings (SSSR count). The summed E-state index contributed by atoms with van der Waals surface area (Å²) in [6.07, 6.45) is -3.59. The molecular formula is C18H18F4N4O2S. The van der Waals surface area contributed by atoms with Crippen molar-refractivity contribution in [3.05, 3.63) is 54.0 Å². The molecule has 156 valence electrons. The van der Waals surface area contributed by atoms with Crippen LogP contribution in [-0.2, 0) is 16.6 Å². The van der Waals surface area contributed by atoms with Gasteiger partial charge in [-0.2, -0.15) is 22.6 Å². The molecule has 0 aliphatic rings. The van der Waals surface area contributed by atoms with Crippen molar-refractivity contribution < 1.29 is 26.0 Å². The summed E-state index contributed by atoms with van der Waals surface area (Å²) >= 11 is 0. The quantitative estimate of drug-likeness (QED) is 0.556. The molecule has 1 aromatic carbocycles. The number of sulfonamides is 1. The number of rotatable bonds is 6. The van der Waals surface area contributed by atoms with Gasteiger partial charge in [0.15, 0.2) is 0 Å². The molecule has 6 nitrogen and oxygen atoms in total. The van der Waals surface area contributed by atoms with Crippen LogP contribution in [0.2, 0.25) is 0 Å². The van der Waals surface area contributed by atoms with Crippen molar-refractivity contribution in [3.63, 3.8) is 0 Å². The minimum Gasteiger partial charge on any atom is -0.262 e. The molecule has 0 saturated heterocycles. The van der Waals surface area contributed by atoms with Crippen LogP contribution in [-0.4, -0.2) is 40.2 Å². The fraction of sp³-hybridized carbons (Fsp3) is 0.333. The van der Waals surface area contributed by atoms with Crippen LogP contribution in [0.25, 0.3) is 11.0 Å². The van der Waals surface area contributed by atoms with Crippen LogP contribution >= 0.6 is 0 Å². The summed E-state index contributed by atoms with van der Waals surface area (Å²) in [5, 5.41) is 3.47. The van der Waals surface area contributed by atoms with Gasteiger partial charge in [0.25, 0.3) is 10.0 Å². The highest BCUT2D eigenvalue weighted by Crippen LogP contribution is 2.41. The van der Waals surface area contributed by atoms with Crippen LogP contribution in [0.15, 0.2) is 47.6 Å². The molecule has 0 bridgehead atoms. The molecule has 0 spiro atoms. The maximum absolute atomic E-state index is 13.9. The Morgan fingerprint density at radius 1 is 1.14 bits per heavy atom. The van der Waals surface area contributed by atoms with Crippen molar-refractivity contribution in [1.29, 1.82) is 0 Å². The summed E-state index contributed by atoms with van der Waals surface area (Å²) in [4.78, 5) is 4.02. The van der Waals surface area contributed by atoms with E-state index in [2.05, 4.69) is 10.1 Å². The van der Waals surface area contributed by atoms with E-state index in [-0.39, 0.29) is 5.52 Å². The van der Waals surface area contributed by atoms with Crippen LogP contribution in [0.3, 0.4) is 0 Å². The van der Waals surface area contributed by atoms with Crippen molar-refractivity contribution in [3.8, 4) is 0 Å². The minimum atomic E-state index is -4.93. The zero-order valence-corrected chi connectivity index (χ0v) is 16.4. The molecule has 1 unspecified atom stereocenters. The Balaban J connectivity index is 2.20. The third kappa shape index (κ3) is 3.84. The van der Waals surface area contributed by atoms with Crippen molar-refractivity contribution in [1.82, 2.24) is 19.1 Å². The smallest absolute Gasteiger partial charge is 0.262 e. The Hall–Kier alpha value is -2.53. The highest BCUT2D eigenvalue weighted by atomic mass is 32.2. The van der Waals surface area contributed by atoms with Gasteiger partial charge >= 0.3 is 6.18 Å². The van der Waals surface area contributed by atoms with Gasteiger partial charge in [-0.1, -0.05) is 19.1 Å². The maximum atomic E-state index is 13.9. The molecule has 29 heavy (non-hydrogen) atoms. The predicted octanol–water partition coefficient (Wildman–Crippen LogP) is 3.90. The third-order valence-electron chi connectivity index (χ3n) is 4.43. The number of nitrogens with zero attached hydrogens (tertiary/aromatic N) is 4. The Morgan fingerprint density at radius 2 is 1.79 bits per heavy atom. The lowest BCUT2D eigenvalue weighted by molar-refractivity contribution is -0.173. The predicted molar refractivity (Wildman–Crippen MR) is 98.0 cm³/mol. The first kappa shape index (κ1) is 21.2. The van der Waals surface area contributed by atoms with Gasteiger partial charge in [-0.3, -0.25) is 9.67 Å². The van der Waals surface area contributed by atoms with Crippen LogP contribution in [0.5, 0.6) is 0 Å². The van der Waals surface area contributed by atoms with Gasteiger partial charge in [-0.05, 0) is 36.8 Å². The number of hydrogen-bond donors (Lipinski definition) is 0. The Kier molecular flexibility index (Phi) is 5.63. The zero-order valence-electron chi connectivity index (χ0n) is 15.6. The summed E-state index contributed by atoms with van der Waals surface area (Å²) < 4.78 is 83.2. The molecule has 3 aromatic rings. The van der Waals surface area contributed by atoms with Crippen molar-refractivity contribution in [2.45, 2.75) is 37.6 Å². The van der Waals surface area contributed by atoms with Gasteiger partial charge in [0.2, 0.25) is 5.03 Å². The lowest BCUT2D eigenvalue weighted by Gasteiger charge is -2.31.